The molecule has 1 amide bonds. The normalized spacial score (nSPS) is 21.6. The van der Waals surface area contributed by atoms with Crippen molar-refractivity contribution in [2.45, 2.75) is 51.1 Å². The zero-order chi connectivity index (χ0) is 16.3. The molecule has 6 heteroatoms. The number of hydrogen-bond acceptors (Lipinski definition) is 4. The van der Waals surface area contributed by atoms with Gasteiger partial charge < -0.3 is 10.4 Å². The first kappa shape index (κ1) is 16.4. The van der Waals surface area contributed by atoms with Gasteiger partial charge in [-0.25, -0.2) is 0 Å². The molecule has 0 aliphatic carbocycles. The smallest absolute Gasteiger partial charge is 0.320 e. The monoisotopic (exact) mass is 305 g/mol. The second-order valence-corrected chi connectivity index (χ2v) is 6.51. The van der Waals surface area contributed by atoms with Crippen LogP contribution in [-0.2, 0) is 15.0 Å². The van der Waals surface area contributed by atoms with Crippen LogP contribution in [0.5, 0.6) is 0 Å². The summed E-state index contributed by atoms with van der Waals surface area (Å²) >= 11 is 0. The second-order valence-electron chi connectivity index (χ2n) is 6.51. The van der Waals surface area contributed by atoms with E-state index in [1.165, 1.54) is 0 Å². The van der Waals surface area contributed by atoms with Crippen molar-refractivity contribution in [2.75, 3.05) is 6.54 Å². The number of nitrogens with one attached hydrogen (secondary N) is 2. The van der Waals surface area contributed by atoms with E-state index in [0.29, 0.717) is 19.4 Å². The van der Waals surface area contributed by atoms with Crippen LogP contribution in [0, 0.1) is 6.92 Å². The summed E-state index contributed by atoms with van der Waals surface area (Å²) in [4.78, 5) is 27.5. The van der Waals surface area contributed by atoms with E-state index in [1.807, 2.05) is 39.1 Å². The highest BCUT2D eigenvalue weighted by Crippen LogP contribution is 2.20. The van der Waals surface area contributed by atoms with Crippen LogP contribution in [0.3, 0.4) is 0 Å². The van der Waals surface area contributed by atoms with E-state index in [4.69, 9.17) is 5.11 Å². The predicted molar refractivity (Wildman–Crippen MR) is 82.6 cm³/mol. The fraction of sp³-hybridized carbons (Fsp3) is 0.562. The third-order valence-electron chi connectivity index (χ3n) is 4.07. The van der Waals surface area contributed by atoms with Gasteiger partial charge in [0.25, 0.3) is 0 Å². The lowest BCUT2D eigenvalue weighted by Crippen LogP contribution is -2.47. The molecule has 2 atom stereocenters. The van der Waals surface area contributed by atoms with Crippen LogP contribution in [0.1, 0.15) is 37.9 Å². The predicted octanol–water partition coefficient (Wildman–Crippen LogP) is 0.989. The molecule has 1 aliphatic heterocycles. The third kappa shape index (κ3) is 3.82. The highest BCUT2D eigenvalue weighted by molar-refractivity contribution is 5.84. The Kier molecular flexibility index (Phi) is 4.81. The summed E-state index contributed by atoms with van der Waals surface area (Å²) in [5.41, 5.74) is 1.73. The van der Waals surface area contributed by atoms with E-state index in [1.54, 1.807) is 0 Å². The number of hydrogen-bond donors (Lipinski definition) is 3. The zero-order valence-corrected chi connectivity index (χ0v) is 13.2. The maximum absolute atomic E-state index is 12.2. The molecule has 1 aliphatic rings. The van der Waals surface area contributed by atoms with Crippen LogP contribution in [0.4, 0.5) is 0 Å². The number of aliphatic carboxylic acids is 1. The number of carbonyl (C=O) groups is 2. The molecule has 0 saturated carbocycles. The van der Waals surface area contributed by atoms with Gasteiger partial charge in [0.05, 0.1) is 6.04 Å². The van der Waals surface area contributed by atoms with E-state index in [2.05, 4.69) is 15.6 Å². The Hall–Kier alpha value is -1.95. The molecule has 0 aromatic carbocycles. The lowest BCUT2D eigenvalue weighted by atomic mass is 9.88. The Morgan fingerprint density at radius 2 is 2.05 bits per heavy atom. The summed E-state index contributed by atoms with van der Waals surface area (Å²) in [7, 11) is 0. The van der Waals surface area contributed by atoms with Gasteiger partial charge in [0.1, 0.15) is 6.04 Å². The molecule has 0 radical (unpaired) electrons. The zero-order valence-electron chi connectivity index (χ0n) is 13.2. The first-order chi connectivity index (χ1) is 10.3. The Balaban J connectivity index is 1.90. The van der Waals surface area contributed by atoms with Crippen LogP contribution in [-0.4, -0.2) is 40.6 Å². The highest BCUT2D eigenvalue weighted by Gasteiger charge is 2.33. The molecule has 1 aromatic rings. The fourth-order valence-corrected chi connectivity index (χ4v) is 2.53. The number of aromatic nitrogens is 1. The van der Waals surface area contributed by atoms with Crippen molar-refractivity contribution in [1.82, 2.24) is 15.6 Å². The van der Waals surface area contributed by atoms with Crippen molar-refractivity contribution in [2.24, 2.45) is 0 Å². The largest absolute Gasteiger partial charge is 0.480 e. The third-order valence-corrected chi connectivity index (χ3v) is 4.07. The van der Waals surface area contributed by atoms with Gasteiger partial charge in [-0.1, -0.05) is 19.9 Å². The number of carboxylic acids is 1. The molecule has 22 heavy (non-hydrogen) atoms. The molecule has 2 heterocycles. The minimum Gasteiger partial charge on any atom is -0.480 e. The standard InChI is InChI=1S/C16H23N3O3/c1-10-4-7-13(17-8-10)16(2,3)9-18-14(20)11-5-6-12(19-11)15(21)22/h4,7-8,11-12,19H,5-6,9H2,1-3H3,(H,18,20)(H,21,22)/t11-,12+/m1/s1. The van der Waals surface area contributed by atoms with Gasteiger partial charge in [-0.2, -0.15) is 0 Å². The van der Waals surface area contributed by atoms with Gasteiger partial charge in [0.15, 0.2) is 0 Å². The van der Waals surface area contributed by atoms with Gasteiger partial charge in [0.2, 0.25) is 5.91 Å². The van der Waals surface area contributed by atoms with Crippen molar-refractivity contribution in [3.8, 4) is 0 Å². The number of pyridine rings is 1. The summed E-state index contributed by atoms with van der Waals surface area (Å²) in [5.74, 6) is -1.05. The molecule has 2 rings (SSSR count). The Morgan fingerprint density at radius 1 is 1.36 bits per heavy atom. The Labute approximate surface area is 130 Å². The van der Waals surface area contributed by atoms with Crippen molar-refractivity contribution < 1.29 is 14.7 Å². The summed E-state index contributed by atoms with van der Waals surface area (Å²) in [6.07, 6.45) is 2.84. The van der Waals surface area contributed by atoms with Crippen LogP contribution in [0.2, 0.25) is 0 Å². The average molecular weight is 305 g/mol. The van der Waals surface area contributed by atoms with Gasteiger partial charge in [0, 0.05) is 23.9 Å². The molecular formula is C16H23N3O3. The van der Waals surface area contributed by atoms with Crippen molar-refractivity contribution in [3.63, 3.8) is 0 Å². The Morgan fingerprint density at radius 3 is 2.59 bits per heavy atom. The highest BCUT2D eigenvalue weighted by atomic mass is 16.4. The number of aryl methyl sites for hydroxylation is 1. The Bertz CT molecular complexity index is 554. The minimum absolute atomic E-state index is 0.149. The maximum Gasteiger partial charge on any atom is 0.320 e. The topological polar surface area (TPSA) is 91.3 Å². The van der Waals surface area contributed by atoms with E-state index in [0.717, 1.165) is 11.3 Å². The van der Waals surface area contributed by atoms with Gasteiger partial charge in [-0.05, 0) is 31.4 Å². The summed E-state index contributed by atoms with van der Waals surface area (Å²) in [6.45, 7) is 6.48. The molecule has 1 aromatic heterocycles. The molecule has 0 unspecified atom stereocenters. The SMILES string of the molecule is Cc1ccc(C(C)(C)CNC(=O)[C@H]2CC[C@@H](C(=O)O)N2)nc1. The lowest BCUT2D eigenvalue weighted by Gasteiger charge is -2.25. The number of nitrogens with zero attached hydrogens (tertiary/aromatic N) is 1. The van der Waals surface area contributed by atoms with Crippen LogP contribution in [0.15, 0.2) is 18.3 Å². The lowest BCUT2D eigenvalue weighted by molar-refractivity contribution is -0.139. The van der Waals surface area contributed by atoms with Crippen molar-refractivity contribution in [1.29, 1.82) is 0 Å². The second kappa shape index (κ2) is 6.44. The maximum atomic E-state index is 12.2. The fourth-order valence-electron chi connectivity index (χ4n) is 2.53. The molecule has 0 bridgehead atoms. The van der Waals surface area contributed by atoms with Gasteiger partial charge >= 0.3 is 5.97 Å². The van der Waals surface area contributed by atoms with E-state index < -0.39 is 18.1 Å². The van der Waals surface area contributed by atoms with Gasteiger partial charge in [-0.3, -0.25) is 19.9 Å². The number of amides is 1. The molecular weight excluding hydrogens is 282 g/mol. The van der Waals surface area contributed by atoms with E-state index in [-0.39, 0.29) is 11.3 Å². The summed E-state index contributed by atoms with van der Waals surface area (Å²) < 4.78 is 0. The summed E-state index contributed by atoms with van der Waals surface area (Å²) in [5, 5.41) is 14.7. The van der Waals surface area contributed by atoms with E-state index in [9.17, 15) is 9.59 Å². The first-order valence-electron chi connectivity index (χ1n) is 7.49. The van der Waals surface area contributed by atoms with Crippen molar-refractivity contribution in [3.05, 3.63) is 29.6 Å². The average Bonchev–Trinajstić information content (AvgIpc) is 2.95. The van der Waals surface area contributed by atoms with Gasteiger partial charge in [-0.15, -0.1) is 0 Å². The quantitative estimate of drug-likeness (QED) is 0.754. The number of rotatable bonds is 5. The minimum atomic E-state index is -0.903. The first-order valence-corrected chi connectivity index (χ1v) is 7.49. The van der Waals surface area contributed by atoms with Crippen LogP contribution >= 0.6 is 0 Å². The number of carboxylic acid groups (broad SMARTS) is 1. The van der Waals surface area contributed by atoms with Crippen LogP contribution in [0.25, 0.3) is 0 Å². The number of carbonyl (C=O) groups excluding carboxylic acids is 1. The summed E-state index contributed by atoms with van der Waals surface area (Å²) in [6, 6.07) is 2.92. The molecule has 6 nitrogen and oxygen atoms in total. The molecule has 1 saturated heterocycles. The van der Waals surface area contributed by atoms with Crippen molar-refractivity contribution >= 4 is 11.9 Å². The molecule has 1 fully saturated rings. The molecule has 120 valence electrons. The molecule has 0 spiro atoms. The van der Waals surface area contributed by atoms with Crippen LogP contribution < -0.4 is 10.6 Å². The van der Waals surface area contributed by atoms with E-state index >= 15 is 0 Å². The molecule has 3 N–H and O–H groups in total.